The molecule has 3 aromatic rings. The summed E-state index contributed by atoms with van der Waals surface area (Å²) in [4.78, 5) is 0.00886. The largest absolute Gasteiger partial charge is 0.495 e. The summed E-state index contributed by atoms with van der Waals surface area (Å²) in [5.41, 5.74) is 1.02. The van der Waals surface area contributed by atoms with Crippen LogP contribution in [0.2, 0.25) is 0 Å². The molecule has 0 aliphatic carbocycles. The van der Waals surface area contributed by atoms with Gasteiger partial charge in [0.15, 0.2) is 5.76 Å². The molecule has 26 heavy (non-hydrogen) atoms. The van der Waals surface area contributed by atoms with Crippen molar-refractivity contribution < 1.29 is 22.4 Å². The Kier molecular flexibility index (Phi) is 5.13. The van der Waals surface area contributed by atoms with Gasteiger partial charge in [-0.3, -0.25) is 4.72 Å². The molecule has 3 rings (SSSR count). The molecule has 0 spiro atoms. The van der Waals surface area contributed by atoms with Crippen molar-refractivity contribution in [2.75, 3.05) is 18.4 Å². The molecule has 0 aliphatic rings. The van der Waals surface area contributed by atoms with E-state index >= 15 is 0 Å². The second-order valence-corrected chi connectivity index (χ2v) is 6.93. The van der Waals surface area contributed by atoms with Gasteiger partial charge in [0.2, 0.25) is 0 Å². The van der Waals surface area contributed by atoms with E-state index in [1.807, 2.05) is 6.92 Å². The number of hydrogen-bond acceptors (Lipinski definition) is 6. The maximum Gasteiger partial charge on any atom is 0.265 e. The summed E-state index contributed by atoms with van der Waals surface area (Å²) >= 11 is 0. The number of rotatable bonds is 7. The van der Waals surface area contributed by atoms with Crippen LogP contribution in [-0.2, 0) is 10.0 Å². The molecule has 7 nitrogen and oxygen atoms in total. The quantitative estimate of drug-likeness (QED) is 0.680. The van der Waals surface area contributed by atoms with Crippen molar-refractivity contribution in [2.45, 2.75) is 11.8 Å². The first kappa shape index (κ1) is 17.8. The number of nitrogens with zero attached hydrogens (tertiary/aromatic N) is 1. The maximum atomic E-state index is 12.9. The Morgan fingerprint density at radius 1 is 1.12 bits per heavy atom. The molecular formula is C18H18N2O5S. The van der Waals surface area contributed by atoms with Gasteiger partial charge < -0.3 is 14.0 Å². The Bertz CT molecular complexity index is 985. The monoisotopic (exact) mass is 374 g/mol. The number of aromatic nitrogens is 1. The van der Waals surface area contributed by atoms with Gasteiger partial charge in [0.25, 0.3) is 10.0 Å². The smallest absolute Gasteiger partial charge is 0.265 e. The number of para-hydroxylation sites is 2. The predicted octanol–water partition coefficient (Wildman–Crippen LogP) is 3.55. The van der Waals surface area contributed by atoms with Gasteiger partial charge in [-0.15, -0.1) is 0 Å². The highest BCUT2D eigenvalue weighted by atomic mass is 32.2. The number of nitrogens with one attached hydrogen (secondary N) is 1. The number of methoxy groups -OCH3 is 1. The fourth-order valence-electron chi connectivity index (χ4n) is 2.44. The van der Waals surface area contributed by atoms with Crippen molar-refractivity contribution in [2.24, 2.45) is 0 Å². The maximum absolute atomic E-state index is 12.9. The van der Waals surface area contributed by atoms with E-state index in [2.05, 4.69) is 9.88 Å². The third-order valence-electron chi connectivity index (χ3n) is 3.61. The fourth-order valence-corrected chi connectivity index (χ4v) is 3.66. The lowest BCUT2D eigenvalue weighted by Gasteiger charge is -2.15. The van der Waals surface area contributed by atoms with Crippen LogP contribution in [-0.4, -0.2) is 27.3 Å². The lowest BCUT2D eigenvalue weighted by atomic mass is 10.1. The molecular weight excluding hydrogens is 356 g/mol. The molecule has 2 aromatic carbocycles. The van der Waals surface area contributed by atoms with Crippen molar-refractivity contribution in [1.29, 1.82) is 0 Å². The van der Waals surface area contributed by atoms with E-state index in [1.54, 1.807) is 42.5 Å². The molecule has 0 atom stereocenters. The number of benzene rings is 2. The summed E-state index contributed by atoms with van der Waals surface area (Å²) in [5.74, 6) is 1.16. The molecule has 0 bridgehead atoms. The Balaban J connectivity index is 1.97. The number of ether oxygens (including phenoxy) is 2. The Morgan fingerprint density at radius 3 is 2.62 bits per heavy atom. The lowest BCUT2D eigenvalue weighted by molar-refractivity contribution is 0.342. The topological polar surface area (TPSA) is 90.7 Å². The van der Waals surface area contributed by atoms with Crippen LogP contribution < -0.4 is 14.2 Å². The van der Waals surface area contributed by atoms with Crippen LogP contribution in [0, 0.1) is 0 Å². The van der Waals surface area contributed by atoms with Crippen LogP contribution in [0.5, 0.6) is 11.5 Å². The summed E-state index contributed by atoms with van der Waals surface area (Å²) in [5, 5.41) is 3.65. The van der Waals surface area contributed by atoms with E-state index in [0.717, 1.165) is 0 Å². The van der Waals surface area contributed by atoms with Crippen LogP contribution in [0.25, 0.3) is 11.3 Å². The lowest BCUT2D eigenvalue weighted by Crippen LogP contribution is -2.15. The Hall–Kier alpha value is -3.00. The SMILES string of the molecule is CCOc1ccccc1NS(=O)(=O)c1ccc(-c2ccno2)cc1OC. The zero-order valence-electron chi connectivity index (χ0n) is 14.3. The highest BCUT2D eigenvalue weighted by Gasteiger charge is 2.22. The minimum Gasteiger partial charge on any atom is -0.495 e. The molecule has 1 heterocycles. The molecule has 0 fully saturated rings. The second kappa shape index (κ2) is 7.49. The molecule has 0 unspecified atom stereocenters. The van der Waals surface area contributed by atoms with Crippen molar-refractivity contribution in [3.8, 4) is 22.8 Å². The normalized spacial score (nSPS) is 11.2. The first-order valence-corrected chi connectivity index (χ1v) is 9.37. The van der Waals surface area contributed by atoms with Crippen LogP contribution in [0.15, 0.2) is 64.1 Å². The van der Waals surface area contributed by atoms with Gasteiger partial charge >= 0.3 is 0 Å². The third-order valence-corrected chi connectivity index (χ3v) is 5.01. The van der Waals surface area contributed by atoms with Gasteiger partial charge in [-0.05, 0) is 37.3 Å². The Morgan fingerprint density at radius 2 is 1.92 bits per heavy atom. The van der Waals surface area contributed by atoms with E-state index in [1.165, 1.54) is 19.4 Å². The summed E-state index contributed by atoms with van der Waals surface area (Å²) in [6, 6.07) is 13.2. The van der Waals surface area contributed by atoms with Gasteiger partial charge in [-0.1, -0.05) is 17.3 Å². The van der Waals surface area contributed by atoms with E-state index in [0.29, 0.717) is 29.4 Å². The summed E-state index contributed by atoms with van der Waals surface area (Å²) in [6.45, 7) is 2.25. The molecule has 0 saturated heterocycles. The summed E-state index contributed by atoms with van der Waals surface area (Å²) in [7, 11) is -2.47. The van der Waals surface area contributed by atoms with Gasteiger partial charge in [-0.2, -0.15) is 0 Å². The molecule has 0 amide bonds. The van der Waals surface area contributed by atoms with Crippen molar-refractivity contribution in [3.63, 3.8) is 0 Å². The van der Waals surface area contributed by atoms with E-state index < -0.39 is 10.0 Å². The molecule has 136 valence electrons. The molecule has 0 radical (unpaired) electrons. The minimum atomic E-state index is -3.88. The second-order valence-electron chi connectivity index (χ2n) is 5.28. The van der Waals surface area contributed by atoms with Gasteiger partial charge in [0, 0.05) is 11.6 Å². The molecule has 0 aliphatic heterocycles. The van der Waals surface area contributed by atoms with Crippen LogP contribution in [0.3, 0.4) is 0 Å². The molecule has 1 N–H and O–H groups in total. The number of sulfonamides is 1. The van der Waals surface area contributed by atoms with Gasteiger partial charge in [0.05, 0.1) is 25.6 Å². The van der Waals surface area contributed by atoms with Crippen LogP contribution in [0.4, 0.5) is 5.69 Å². The highest BCUT2D eigenvalue weighted by Crippen LogP contribution is 2.33. The van der Waals surface area contributed by atoms with Gasteiger partial charge in [-0.25, -0.2) is 8.42 Å². The van der Waals surface area contributed by atoms with Crippen LogP contribution in [0.1, 0.15) is 6.92 Å². The predicted molar refractivity (Wildman–Crippen MR) is 96.9 cm³/mol. The summed E-state index contributed by atoms with van der Waals surface area (Å²) < 4.78 is 44.1. The highest BCUT2D eigenvalue weighted by molar-refractivity contribution is 7.92. The zero-order chi connectivity index (χ0) is 18.6. The van der Waals surface area contributed by atoms with E-state index in [4.69, 9.17) is 14.0 Å². The summed E-state index contributed by atoms with van der Waals surface area (Å²) in [6.07, 6.45) is 1.51. The molecule has 0 saturated carbocycles. The number of hydrogen-bond donors (Lipinski definition) is 1. The average Bonchev–Trinajstić information content (AvgIpc) is 3.17. The third kappa shape index (κ3) is 3.65. The van der Waals surface area contributed by atoms with Crippen molar-refractivity contribution >= 4 is 15.7 Å². The van der Waals surface area contributed by atoms with E-state index in [-0.39, 0.29) is 10.6 Å². The van der Waals surface area contributed by atoms with Crippen LogP contribution >= 0.6 is 0 Å². The van der Waals surface area contributed by atoms with Gasteiger partial charge in [0.1, 0.15) is 16.4 Å². The van der Waals surface area contributed by atoms with E-state index in [9.17, 15) is 8.42 Å². The molecule has 8 heteroatoms. The first-order chi connectivity index (χ1) is 12.5. The van der Waals surface area contributed by atoms with Crippen molar-refractivity contribution in [3.05, 3.63) is 54.7 Å². The first-order valence-electron chi connectivity index (χ1n) is 7.89. The fraction of sp³-hybridized carbons (Fsp3) is 0.167. The number of anilines is 1. The minimum absolute atomic E-state index is 0.00886. The molecule has 1 aromatic heterocycles. The van der Waals surface area contributed by atoms with Crippen molar-refractivity contribution in [1.82, 2.24) is 5.16 Å². The standard InChI is InChI=1S/C18H18N2O5S/c1-3-24-16-7-5-4-6-14(16)20-26(21,22)18-9-8-13(12-17(18)23-2)15-10-11-19-25-15/h4-12,20H,3H2,1-2H3. The zero-order valence-corrected chi connectivity index (χ0v) is 15.1. The average molecular weight is 374 g/mol. The Labute approximate surface area is 151 Å².